The predicted molar refractivity (Wildman–Crippen MR) is 99.1 cm³/mol. The second-order valence-corrected chi connectivity index (χ2v) is 6.17. The lowest BCUT2D eigenvalue weighted by Gasteiger charge is -2.19. The maximum absolute atomic E-state index is 12.3. The van der Waals surface area contributed by atoms with E-state index in [1.54, 1.807) is 36.2 Å². The lowest BCUT2D eigenvalue weighted by Crippen LogP contribution is -2.31. The molecule has 0 saturated carbocycles. The van der Waals surface area contributed by atoms with Crippen molar-refractivity contribution >= 4 is 33.6 Å². The van der Waals surface area contributed by atoms with Gasteiger partial charge in [0.25, 0.3) is 5.91 Å². The molecular weight excluding hydrogens is 370 g/mol. The Morgan fingerprint density at radius 3 is 2.38 bits per heavy atom. The number of hydrogen-bond acceptors (Lipinski definition) is 2. The summed E-state index contributed by atoms with van der Waals surface area (Å²) >= 11 is 3.48. The molecule has 3 amide bonds. The fourth-order valence-corrected chi connectivity index (χ4v) is 2.55. The lowest BCUT2D eigenvalue weighted by atomic mass is 10.2. The van der Waals surface area contributed by atoms with Crippen molar-refractivity contribution in [1.82, 2.24) is 10.2 Å². The van der Waals surface area contributed by atoms with Gasteiger partial charge in [0.1, 0.15) is 0 Å². The standard InChI is InChI=1S/C18H20BrN3O2/c1-3-20-17(23)13-8-10-15(11-9-13)21-18(24)22(2)12-14-6-4-5-7-16(14)19/h4-11H,3,12H2,1-2H3,(H,20,23)(H,21,24). The van der Waals surface area contributed by atoms with Crippen molar-refractivity contribution in [1.29, 1.82) is 0 Å². The Balaban J connectivity index is 1.96. The molecule has 0 aliphatic heterocycles. The zero-order chi connectivity index (χ0) is 17.5. The van der Waals surface area contributed by atoms with E-state index in [1.807, 2.05) is 31.2 Å². The number of urea groups is 1. The van der Waals surface area contributed by atoms with Crippen LogP contribution in [0.15, 0.2) is 53.0 Å². The van der Waals surface area contributed by atoms with Gasteiger partial charge < -0.3 is 15.5 Å². The highest BCUT2D eigenvalue weighted by molar-refractivity contribution is 9.10. The van der Waals surface area contributed by atoms with E-state index in [0.29, 0.717) is 24.3 Å². The van der Waals surface area contributed by atoms with Gasteiger partial charge in [0, 0.05) is 35.9 Å². The molecule has 2 aromatic carbocycles. The summed E-state index contributed by atoms with van der Waals surface area (Å²) in [6.07, 6.45) is 0. The monoisotopic (exact) mass is 389 g/mol. The third-order valence-corrected chi connectivity index (χ3v) is 4.22. The Kier molecular flexibility index (Phi) is 6.37. The van der Waals surface area contributed by atoms with Crippen LogP contribution < -0.4 is 10.6 Å². The Morgan fingerprint density at radius 1 is 1.08 bits per heavy atom. The zero-order valence-corrected chi connectivity index (χ0v) is 15.3. The van der Waals surface area contributed by atoms with E-state index in [1.165, 1.54) is 0 Å². The molecule has 0 aliphatic carbocycles. The lowest BCUT2D eigenvalue weighted by molar-refractivity contribution is 0.0956. The fraction of sp³-hybridized carbons (Fsp3) is 0.222. The van der Waals surface area contributed by atoms with Gasteiger partial charge in [0.05, 0.1) is 0 Å². The minimum Gasteiger partial charge on any atom is -0.352 e. The molecule has 126 valence electrons. The number of amides is 3. The van der Waals surface area contributed by atoms with Crippen LogP contribution in [-0.2, 0) is 6.54 Å². The Hall–Kier alpha value is -2.34. The van der Waals surface area contributed by atoms with Crippen molar-refractivity contribution in [2.75, 3.05) is 18.9 Å². The molecular formula is C18H20BrN3O2. The van der Waals surface area contributed by atoms with Crippen molar-refractivity contribution < 1.29 is 9.59 Å². The number of benzene rings is 2. The van der Waals surface area contributed by atoms with Gasteiger partial charge in [-0.1, -0.05) is 34.1 Å². The van der Waals surface area contributed by atoms with Gasteiger partial charge in [-0.25, -0.2) is 4.79 Å². The van der Waals surface area contributed by atoms with Gasteiger partial charge in [0.2, 0.25) is 0 Å². The summed E-state index contributed by atoms with van der Waals surface area (Å²) in [5.41, 5.74) is 2.24. The molecule has 0 unspecified atom stereocenters. The van der Waals surface area contributed by atoms with Crippen LogP contribution in [0.25, 0.3) is 0 Å². The van der Waals surface area contributed by atoms with Crippen LogP contribution in [0, 0.1) is 0 Å². The van der Waals surface area contributed by atoms with Crippen LogP contribution in [0.3, 0.4) is 0 Å². The highest BCUT2D eigenvalue weighted by Crippen LogP contribution is 2.18. The van der Waals surface area contributed by atoms with Gasteiger partial charge in [0.15, 0.2) is 0 Å². The molecule has 0 atom stereocenters. The molecule has 6 heteroatoms. The molecule has 0 radical (unpaired) electrons. The second kappa shape index (κ2) is 8.49. The number of carbonyl (C=O) groups excluding carboxylic acids is 2. The van der Waals surface area contributed by atoms with Gasteiger partial charge in [-0.15, -0.1) is 0 Å². The minimum atomic E-state index is -0.212. The summed E-state index contributed by atoms with van der Waals surface area (Å²) in [7, 11) is 1.73. The molecule has 2 aromatic rings. The first-order valence-electron chi connectivity index (χ1n) is 7.65. The van der Waals surface area contributed by atoms with E-state index < -0.39 is 0 Å². The van der Waals surface area contributed by atoms with Crippen LogP contribution in [0.2, 0.25) is 0 Å². The first-order chi connectivity index (χ1) is 11.5. The summed E-state index contributed by atoms with van der Waals surface area (Å²) in [5.74, 6) is -0.124. The number of halogens is 1. The molecule has 2 N–H and O–H groups in total. The maximum atomic E-state index is 12.3. The first-order valence-corrected chi connectivity index (χ1v) is 8.44. The topological polar surface area (TPSA) is 61.4 Å². The molecule has 0 aromatic heterocycles. The molecule has 2 rings (SSSR count). The predicted octanol–water partition coefficient (Wildman–Crippen LogP) is 3.86. The third kappa shape index (κ3) is 4.83. The van der Waals surface area contributed by atoms with Crippen molar-refractivity contribution in [2.24, 2.45) is 0 Å². The van der Waals surface area contributed by atoms with E-state index in [4.69, 9.17) is 0 Å². The van der Waals surface area contributed by atoms with Gasteiger partial charge >= 0.3 is 6.03 Å². The second-order valence-electron chi connectivity index (χ2n) is 5.31. The molecule has 0 aliphatic rings. The molecule has 0 fully saturated rings. The summed E-state index contributed by atoms with van der Waals surface area (Å²) in [6, 6.07) is 14.4. The van der Waals surface area contributed by atoms with Gasteiger partial charge in [-0.3, -0.25) is 4.79 Å². The van der Waals surface area contributed by atoms with Crippen LogP contribution in [0.1, 0.15) is 22.8 Å². The summed E-state index contributed by atoms with van der Waals surface area (Å²) < 4.78 is 0.968. The largest absolute Gasteiger partial charge is 0.352 e. The number of carbonyl (C=O) groups is 2. The van der Waals surface area contributed by atoms with Gasteiger partial charge in [-0.05, 0) is 42.8 Å². The summed E-state index contributed by atoms with van der Waals surface area (Å²) in [4.78, 5) is 25.6. The number of anilines is 1. The first kappa shape index (κ1) is 18.0. The summed E-state index contributed by atoms with van der Waals surface area (Å²) in [5, 5.41) is 5.55. The number of nitrogens with one attached hydrogen (secondary N) is 2. The van der Waals surface area contributed by atoms with E-state index in [9.17, 15) is 9.59 Å². The Labute approximate surface area is 150 Å². The number of hydrogen-bond donors (Lipinski definition) is 2. The van der Waals surface area contributed by atoms with Crippen molar-refractivity contribution in [2.45, 2.75) is 13.5 Å². The van der Waals surface area contributed by atoms with E-state index >= 15 is 0 Å². The molecule has 0 heterocycles. The Morgan fingerprint density at radius 2 is 1.75 bits per heavy atom. The van der Waals surface area contributed by atoms with Crippen molar-refractivity contribution in [3.05, 3.63) is 64.1 Å². The average molecular weight is 390 g/mol. The molecule has 5 nitrogen and oxygen atoms in total. The highest BCUT2D eigenvalue weighted by atomic mass is 79.9. The number of rotatable bonds is 5. The van der Waals surface area contributed by atoms with Crippen molar-refractivity contribution in [3.8, 4) is 0 Å². The molecule has 0 saturated heterocycles. The van der Waals surface area contributed by atoms with Crippen molar-refractivity contribution in [3.63, 3.8) is 0 Å². The van der Waals surface area contributed by atoms with Crippen LogP contribution in [0.4, 0.5) is 10.5 Å². The van der Waals surface area contributed by atoms with Gasteiger partial charge in [-0.2, -0.15) is 0 Å². The quantitative estimate of drug-likeness (QED) is 0.815. The SMILES string of the molecule is CCNC(=O)c1ccc(NC(=O)N(C)Cc2ccccc2Br)cc1. The van der Waals surface area contributed by atoms with Crippen LogP contribution in [0.5, 0.6) is 0 Å². The van der Waals surface area contributed by atoms with E-state index in [-0.39, 0.29) is 11.9 Å². The summed E-state index contributed by atoms with van der Waals surface area (Å²) in [6.45, 7) is 2.94. The van der Waals surface area contributed by atoms with Crippen LogP contribution >= 0.6 is 15.9 Å². The average Bonchev–Trinajstić information content (AvgIpc) is 2.57. The Bertz CT molecular complexity index is 716. The molecule has 0 bridgehead atoms. The fourth-order valence-electron chi connectivity index (χ4n) is 2.14. The normalized spacial score (nSPS) is 10.1. The molecule has 24 heavy (non-hydrogen) atoms. The smallest absolute Gasteiger partial charge is 0.321 e. The van der Waals surface area contributed by atoms with E-state index in [2.05, 4.69) is 26.6 Å². The molecule has 0 spiro atoms. The van der Waals surface area contributed by atoms with E-state index in [0.717, 1.165) is 10.0 Å². The third-order valence-electron chi connectivity index (χ3n) is 3.45. The zero-order valence-electron chi connectivity index (χ0n) is 13.7. The number of nitrogens with zero attached hydrogens (tertiary/aromatic N) is 1. The minimum absolute atomic E-state index is 0.124. The highest BCUT2D eigenvalue weighted by Gasteiger charge is 2.11. The van der Waals surface area contributed by atoms with Crippen LogP contribution in [-0.4, -0.2) is 30.4 Å². The maximum Gasteiger partial charge on any atom is 0.321 e.